The minimum Gasteiger partial charge on any atom is -0.456 e. The minimum atomic E-state index is 0.903. The fourth-order valence-electron chi connectivity index (χ4n) is 8.00. The van der Waals surface area contributed by atoms with Gasteiger partial charge < -0.3 is 13.9 Å². The molecule has 0 aliphatic heterocycles. The molecular weight excluding hydrogens is 629 g/mol. The Morgan fingerprint density at radius 2 is 1.12 bits per heavy atom. The van der Waals surface area contributed by atoms with E-state index < -0.39 is 0 Å². The number of fused-ring (bicyclic) bond motifs is 10. The highest BCUT2D eigenvalue weighted by molar-refractivity contribution is 7.26. The van der Waals surface area contributed by atoms with E-state index in [1.54, 1.807) is 0 Å². The van der Waals surface area contributed by atoms with Crippen molar-refractivity contribution in [2.45, 2.75) is 0 Å². The molecule has 3 heterocycles. The van der Waals surface area contributed by atoms with Crippen molar-refractivity contribution >= 4 is 103 Å². The van der Waals surface area contributed by atoms with Gasteiger partial charge in [0.2, 0.25) is 0 Å². The number of benzene rings is 8. The van der Waals surface area contributed by atoms with Gasteiger partial charge in [0.25, 0.3) is 0 Å². The van der Waals surface area contributed by atoms with Crippen molar-refractivity contribution in [1.29, 1.82) is 0 Å². The van der Waals surface area contributed by atoms with Gasteiger partial charge in [0.05, 0.1) is 32.8 Å². The number of aromatic nitrogens is 1. The smallest absolute Gasteiger partial charge is 0.136 e. The molecule has 50 heavy (non-hydrogen) atoms. The molecule has 0 bridgehead atoms. The lowest BCUT2D eigenvalue weighted by Crippen LogP contribution is -2.12. The second-order valence-electron chi connectivity index (χ2n) is 12.9. The number of furan rings is 1. The lowest BCUT2D eigenvalue weighted by molar-refractivity contribution is 0.669. The number of nitrogens with zero attached hydrogens (tertiary/aromatic N) is 2. The standard InChI is InChI=1S/C46H28N2OS/c1-2-14-30(15-3-1)47-38-21-7-4-16-31(38)34-19-11-23-40(45(34)47)48(41-24-12-20-35-33-18-6-9-26-44(33)50-46(35)41)39-22-10-13-29-27-43-37(28-36(29)39)32-17-5-8-25-42(32)49-43/h1-28H. The Balaban J connectivity index is 1.31. The first-order valence-electron chi connectivity index (χ1n) is 16.9. The van der Waals surface area contributed by atoms with Gasteiger partial charge in [-0.2, -0.15) is 0 Å². The summed E-state index contributed by atoms with van der Waals surface area (Å²) in [7, 11) is 0. The molecule has 11 aromatic rings. The second kappa shape index (κ2) is 10.6. The van der Waals surface area contributed by atoms with Crippen molar-refractivity contribution in [3.05, 3.63) is 170 Å². The van der Waals surface area contributed by atoms with Gasteiger partial charge >= 0.3 is 0 Å². The van der Waals surface area contributed by atoms with Crippen molar-refractivity contribution in [2.24, 2.45) is 0 Å². The minimum absolute atomic E-state index is 0.903. The van der Waals surface area contributed by atoms with Gasteiger partial charge in [0.1, 0.15) is 11.2 Å². The van der Waals surface area contributed by atoms with Crippen LogP contribution in [0.25, 0.3) is 80.4 Å². The first kappa shape index (κ1) is 27.6. The predicted octanol–water partition coefficient (Wildman–Crippen LogP) is 13.7. The third kappa shape index (κ3) is 3.91. The molecule has 3 nitrogen and oxygen atoms in total. The molecule has 0 radical (unpaired) electrons. The first-order valence-corrected chi connectivity index (χ1v) is 17.8. The van der Waals surface area contributed by atoms with E-state index >= 15 is 0 Å². The Morgan fingerprint density at radius 1 is 0.440 bits per heavy atom. The molecule has 3 aromatic heterocycles. The van der Waals surface area contributed by atoms with E-state index in [4.69, 9.17) is 4.42 Å². The summed E-state index contributed by atoms with van der Waals surface area (Å²) in [5, 5.41) is 9.57. The lowest BCUT2D eigenvalue weighted by Gasteiger charge is -2.29. The zero-order valence-corrected chi connectivity index (χ0v) is 27.7. The summed E-state index contributed by atoms with van der Waals surface area (Å²) in [5.41, 5.74) is 8.70. The van der Waals surface area contributed by atoms with Crippen LogP contribution in [0.15, 0.2) is 174 Å². The normalized spacial score (nSPS) is 12.0. The van der Waals surface area contributed by atoms with Crippen molar-refractivity contribution in [1.82, 2.24) is 4.57 Å². The summed E-state index contributed by atoms with van der Waals surface area (Å²) >= 11 is 1.86. The Morgan fingerprint density at radius 3 is 2.02 bits per heavy atom. The van der Waals surface area contributed by atoms with Gasteiger partial charge in [-0.25, -0.2) is 0 Å². The Hall–Kier alpha value is -6.36. The molecule has 0 amide bonds. The highest BCUT2D eigenvalue weighted by Gasteiger charge is 2.25. The van der Waals surface area contributed by atoms with Gasteiger partial charge in [-0.05, 0) is 66.0 Å². The topological polar surface area (TPSA) is 21.3 Å². The number of para-hydroxylation sites is 4. The number of anilines is 3. The van der Waals surface area contributed by atoms with E-state index in [9.17, 15) is 0 Å². The summed E-state index contributed by atoms with van der Waals surface area (Å²) in [4.78, 5) is 2.51. The highest BCUT2D eigenvalue weighted by atomic mass is 32.1. The van der Waals surface area contributed by atoms with E-state index in [1.165, 1.54) is 47.4 Å². The van der Waals surface area contributed by atoms with E-state index in [0.717, 1.165) is 50.1 Å². The fourth-order valence-corrected chi connectivity index (χ4v) is 9.20. The SMILES string of the molecule is c1ccc(-n2c3ccccc3c3cccc(N(c4cccc5cc6oc7ccccc7c6cc45)c4cccc5c4sc4ccccc45)c32)cc1. The predicted molar refractivity (Wildman–Crippen MR) is 213 cm³/mol. The van der Waals surface area contributed by atoms with Crippen LogP contribution in [0, 0.1) is 0 Å². The van der Waals surface area contributed by atoms with Crippen molar-refractivity contribution in [3.63, 3.8) is 0 Å². The van der Waals surface area contributed by atoms with Gasteiger partial charge in [0.15, 0.2) is 0 Å². The lowest BCUT2D eigenvalue weighted by atomic mass is 10.0. The molecule has 8 aromatic carbocycles. The van der Waals surface area contributed by atoms with E-state index in [1.807, 2.05) is 17.4 Å². The Bertz CT molecular complexity index is 3110. The molecule has 234 valence electrons. The van der Waals surface area contributed by atoms with Crippen LogP contribution in [0.5, 0.6) is 0 Å². The van der Waals surface area contributed by atoms with Crippen LogP contribution in [0.4, 0.5) is 17.1 Å². The highest BCUT2D eigenvalue weighted by Crippen LogP contribution is 2.50. The molecule has 0 fully saturated rings. The maximum absolute atomic E-state index is 6.36. The van der Waals surface area contributed by atoms with Crippen LogP contribution in [0.1, 0.15) is 0 Å². The van der Waals surface area contributed by atoms with Crippen LogP contribution < -0.4 is 4.90 Å². The average Bonchev–Trinajstić information content (AvgIpc) is 3.85. The molecular formula is C46H28N2OS. The molecule has 0 aliphatic rings. The third-order valence-electron chi connectivity index (χ3n) is 10.1. The quantitative estimate of drug-likeness (QED) is 0.188. The summed E-state index contributed by atoms with van der Waals surface area (Å²) in [6.07, 6.45) is 0. The number of rotatable bonds is 4. The number of thiophene rings is 1. The zero-order chi connectivity index (χ0) is 32.8. The fraction of sp³-hybridized carbons (Fsp3) is 0. The van der Waals surface area contributed by atoms with Gasteiger partial charge in [0, 0.05) is 48.1 Å². The van der Waals surface area contributed by atoms with Gasteiger partial charge in [-0.3, -0.25) is 0 Å². The van der Waals surface area contributed by atoms with Crippen LogP contribution >= 0.6 is 11.3 Å². The molecule has 0 aliphatic carbocycles. The Kier molecular flexibility index (Phi) is 5.83. The van der Waals surface area contributed by atoms with Gasteiger partial charge in [-0.1, -0.05) is 109 Å². The summed E-state index contributed by atoms with van der Waals surface area (Å²) in [6, 6.07) is 61.3. The van der Waals surface area contributed by atoms with E-state index in [-0.39, 0.29) is 0 Å². The molecule has 0 saturated carbocycles. The zero-order valence-electron chi connectivity index (χ0n) is 26.9. The van der Waals surface area contributed by atoms with Crippen molar-refractivity contribution < 1.29 is 4.42 Å². The Labute approximate surface area is 291 Å². The summed E-state index contributed by atoms with van der Waals surface area (Å²) in [5.74, 6) is 0. The van der Waals surface area contributed by atoms with E-state index in [2.05, 4.69) is 173 Å². The summed E-state index contributed by atoms with van der Waals surface area (Å²) in [6.45, 7) is 0. The van der Waals surface area contributed by atoms with Crippen molar-refractivity contribution in [3.8, 4) is 5.69 Å². The van der Waals surface area contributed by atoms with Crippen LogP contribution in [0.2, 0.25) is 0 Å². The van der Waals surface area contributed by atoms with Crippen LogP contribution in [-0.2, 0) is 0 Å². The molecule has 4 heteroatoms. The molecule has 0 spiro atoms. The monoisotopic (exact) mass is 656 g/mol. The first-order chi connectivity index (χ1) is 24.8. The molecule has 0 N–H and O–H groups in total. The van der Waals surface area contributed by atoms with Crippen LogP contribution in [0.3, 0.4) is 0 Å². The maximum atomic E-state index is 6.36. The molecule has 0 saturated heterocycles. The third-order valence-corrected chi connectivity index (χ3v) is 11.4. The largest absolute Gasteiger partial charge is 0.456 e. The summed E-state index contributed by atoms with van der Waals surface area (Å²) < 4.78 is 11.3. The second-order valence-corrected chi connectivity index (χ2v) is 13.9. The number of hydrogen-bond acceptors (Lipinski definition) is 3. The molecule has 0 atom stereocenters. The van der Waals surface area contributed by atoms with Crippen molar-refractivity contribution in [2.75, 3.05) is 4.90 Å². The van der Waals surface area contributed by atoms with Crippen LogP contribution in [-0.4, -0.2) is 4.57 Å². The maximum Gasteiger partial charge on any atom is 0.136 e. The number of hydrogen-bond donors (Lipinski definition) is 0. The molecule has 0 unspecified atom stereocenters. The average molecular weight is 657 g/mol. The van der Waals surface area contributed by atoms with Gasteiger partial charge in [-0.15, -0.1) is 11.3 Å². The molecule has 11 rings (SSSR count). The van der Waals surface area contributed by atoms with E-state index in [0.29, 0.717) is 0 Å².